The first-order valence-corrected chi connectivity index (χ1v) is 13.0. The lowest BCUT2D eigenvalue weighted by atomic mass is 9.83. The molecule has 3 heteroatoms. The van der Waals surface area contributed by atoms with Crippen LogP contribution in [0.1, 0.15) is 130 Å². The van der Waals surface area contributed by atoms with Crippen LogP contribution in [0.4, 0.5) is 0 Å². The standard InChI is InChI=1S/C26H48O3/c1-4-6-8-10-11-21(3)28-24-19-15-23(16-20-24)26(27)29-25-17-13-22(14-18-25)12-9-7-5-2/h21-25H,4-20H2,1-3H3. The fourth-order valence-electron chi connectivity index (χ4n) is 5.17. The first-order valence-electron chi connectivity index (χ1n) is 13.0. The fraction of sp³-hybridized carbons (Fsp3) is 0.962. The zero-order valence-electron chi connectivity index (χ0n) is 19.6. The van der Waals surface area contributed by atoms with Crippen molar-refractivity contribution in [3.8, 4) is 0 Å². The van der Waals surface area contributed by atoms with E-state index in [0.29, 0.717) is 12.2 Å². The maximum absolute atomic E-state index is 12.6. The molecule has 0 aliphatic heterocycles. The Kier molecular flexibility index (Phi) is 12.3. The Balaban J connectivity index is 1.56. The van der Waals surface area contributed by atoms with E-state index < -0.39 is 0 Å². The van der Waals surface area contributed by atoms with Crippen molar-refractivity contribution >= 4 is 5.97 Å². The number of carbonyl (C=O) groups is 1. The summed E-state index contributed by atoms with van der Waals surface area (Å²) in [5.41, 5.74) is 0. The van der Waals surface area contributed by atoms with Gasteiger partial charge in [0.1, 0.15) is 6.10 Å². The smallest absolute Gasteiger partial charge is 0.309 e. The Labute approximate surface area is 180 Å². The highest BCUT2D eigenvalue weighted by Crippen LogP contribution is 2.33. The lowest BCUT2D eigenvalue weighted by Gasteiger charge is -2.32. The summed E-state index contributed by atoms with van der Waals surface area (Å²) in [6.07, 6.45) is 21.3. The number of esters is 1. The molecule has 0 heterocycles. The highest BCUT2D eigenvalue weighted by Gasteiger charge is 2.31. The lowest BCUT2D eigenvalue weighted by molar-refractivity contribution is -0.158. The molecule has 0 aromatic rings. The van der Waals surface area contributed by atoms with Crippen LogP contribution in [0, 0.1) is 11.8 Å². The van der Waals surface area contributed by atoms with Gasteiger partial charge in [-0.3, -0.25) is 4.79 Å². The fourth-order valence-corrected chi connectivity index (χ4v) is 5.17. The molecule has 1 unspecified atom stereocenters. The molecule has 2 aliphatic rings. The van der Waals surface area contributed by atoms with Crippen molar-refractivity contribution in [1.82, 2.24) is 0 Å². The van der Waals surface area contributed by atoms with Gasteiger partial charge in [-0.15, -0.1) is 0 Å². The number of hydrogen-bond acceptors (Lipinski definition) is 3. The molecule has 0 saturated heterocycles. The summed E-state index contributed by atoms with van der Waals surface area (Å²) in [4.78, 5) is 12.6. The molecule has 2 rings (SSSR count). The summed E-state index contributed by atoms with van der Waals surface area (Å²) >= 11 is 0. The second kappa shape index (κ2) is 14.4. The SMILES string of the molecule is CCCCCCC(C)OC1CCC(C(=O)OC2CCC(CCCCC)CC2)CC1. The highest BCUT2D eigenvalue weighted by atomic mass is 16.5. The predicted octanol–water partition coefficient (Wildman–Crippen LogP) is 7.60. The summed E-state index contributed by atoms with van der Waals surface area (Å²) in [5, 5.41) is 0. The number of ether oxygens (including phenoxy) is 2. The minimum Gasteiger partial charge on any atom is -0.462 e. The van der Waals surface area contributed by atoms with Gasteiger partial charge in [-0.1, -0.05) is 65.2 Å². The molecule has 0 bridgehead atoms. The van der Waals surface area contributed by atoms with Crippen LogP contribution >= 0.6 is 0 Å². The van der Waals surface area contributed by atoms with Crippen LogP contribution < -0.4 is 0 Å². The van der Waals surface area contributed by atoms with Gasteiger partial charge < -0.3 is 9.47 Å². The average molecular weight is 409 g/mol. The van der Waals surface area contributed by atoms with Crippen molar-refractivity contribution in [3.05, 3.63) is 0 Å². The Morgan fingerprint density at radius 2 is 1.41 bits per heavy atom. The average Bonchev–Trinajstić information content (AvgIpc) is 2.73. The first-order chi connectivity index (χ1) is 14.1. The van der Waals surface area contributed by atoms with Gasteiger partial charge in [0.2, 0.25) is 0 Å². The Morgan fingerprint density at radius 1 is 0.793 bits per heavy atom. The highest BCUT2D eigenvalue weighted by molar-refractivity contribution is 5.72. The largest absolute Gasteiger partial charge is 0.462 e. The van der Waals surface area contributed by atoms with E-state index in [9.17, 15) is 4.79 Å². The van der Waals surface area contributed by atoms with E-state index in [1.54, 1.807) is 0 Å². The van der Waals surface area contributed by atoms with E-state index in [0.717, 1.165) is 44.4 Å². The second-order valence-electron chi connectivity index (χ2n) is 9.85. The van der Waals surface area contributed by atoms with Crippen LogP contribution in [-0.4, -0.2) is 24.3 Å². The number of hydrogen-bond donors (Lipinski definition) is 0. The normalized spacial score (nSPS) is 28.8. The van der Waals surface area contributed by atoms with Crippen LogP contribution in [0.2, 0.25) is 0 Å². The van der Waals surface area contributed by atoms with Crippen LogP contribution in [0.3, 0.4) is 0 Å². The first kappa shape index (κ1) is 24.7. The molecule has 3 nitrogen and oxygen atoms in total. The Hall–Kier alpha value is -0.570. The molecule has 0 N–H and O–H groups in total. The molecule has 0 aromatic carbocycles. The van der Waals surface area contributed by atoms with E-state index in [1.807, 2.05) is 0 Å². The third-order valence-electron chi connectivity index (χ3n) is 7.19. The summed E-state index contributed by atoms with van der Waals surface area (Å²) in [6, 6.07) is 0. The van der Waals surface area contributed by atoms with Crippen LogP contribution in [0.15, 0.2) is 0 Å². The van der Waals surface area contributed by atoms with Gasteiger partial charge in [0, 0.05) is 0 Å². The number of rotatable bonds is 13. The molecule has 1 atom stereocenters. The van der Waals surface area contributed by atoms with Gasteiger partial charge in [-0.25, -0.2) is 0 Å². The second-order valence-corrected chi connectivity index (χ2v) is 9.85. The molecule has 0 radical (unpaired) electrons. The lowest BCUT2D eigenvalue weighted by Crippen LogP contribution is -2.32. The zero-order chi connectivity index (χ0) is 20.9. The molecular weight excluding hydrogens is 360 g/mol. The minimum atomic E-state index is 0.0745. The maximum Gasteiger partial charge on any atom is 0.309 e. The molecule has 170 valence electrons. The van der Waals surface area contributed by atoms with Gasteiger partial charge in [0.25, 0.3) is 0 Å². The monoisotopic (exact) mass is 408 g/mol. The molecule has 29 heavy (non-hydrogen) atoms. The quantitative estimate of drug-likeness (QED) is 0.232. The number of carbonyl (C=O) groups excluding carboxylic acids is 1. The van der Waals surface area contributed by atoms with E-state index >= 15 is 0 Å². The van der Waals surface area contributed by atoms with Crippen molar-refractivity contribution in [3.63, 3.8) is 0 Å². The van der Waals surface area contributed by atoms with Crippen molar-refractivity contribution in [1.29, 1.82) is 0 Å². The van der Waals surface area contributed by atoms with Crippen molar-refractivity contribution < 1.29 is 14.3 Å². The third kappa shape index (κ3) is 9.85. The van der Waals surface area contributed by atoms with Gasteiger partial charge in [-0.2, -0.15) is 0 Å². The summed E-state index contributed by atoms with van der Waals surface area (Å²) < 4.78 is 12.2. The Bertz CT molecular complexity index is 420. The van der Waals surface area contributed by atoms with Gasteiger partial charge in [-0.05, 0) is 70.6 Å². The van der Waals surface area contributed by atoms with Crippen molar-refractivity contribution in [2.75, 3.05) is 0 Å². The summed E-state index contributed by atoms with van der Waals surface area (Å²) in [5.74, 6) is 1.05. The van der Waals surface area contributed by atoms with E-state index in [2.05, 4.69) is 20.8 Å². The van der Waals surface area contributed by atoms with Gasteiger partial charge in [0.15, 0.2) is 0 Å². The Morgan fingerprint density at radius 3 is 2.07 bits per heavy atom. The molecular formula is C26H48O3. The van der Waals surface area contributed by atoms with Crippen LogP contribution in [0.25, 0.3) is 0 Å². The molecule has 2 saturated carbocycles. The van der Waals surface area contributed by atoms with Crippen LogP contribution in [0.5, 0.6) is 0 Å². The van der Waals surface area contributed by atoms with Gasteiger partial charge in [0.05, 0.1) is 18.1 Å². The molecule has 2 fully saturated rings. The van der Waals surface area contributed by atoms with E-state index in [1.165, 1.54) is 70.6 Å². The summed E-state index contributed by atoms with van der Waals surface area (Å²) in [6.45, 7) is 6.74. The van der Waals surface area contributed by atoms with Crippen molar-refractivity contribution in [2.24, 2.45) is 11.8 Å². The minimum absolute atomic E-state index is 0.0745. The van der Waals surface area contributed by atoms with Crippen LogP contribution in [-0.2, 0) is 14.3 Å². The van der Waals surface area contributed by atoms with E-state index in [4.69, 9.17) is 9.47 Å². The molecule has 2 aliphatic carbocycles. The topological polar surface area (TPSA) is 35.5 Å². The number of unbranched alkanes of at least 4 members (excludes halogenated alkanes) is 5. The third-order valence-corrected chi connectivity index (χ3v) is 7.19. The molecule has 0 spiro atoms. The maximum atomic E-state index is 12.6. The van der Waals surface area contributed by atoms with Gasteiger partial charge >= 0.3 is 5.97 Å². The summed E-state index contributed by atoms with van der Waals surface area (Å²) in [7, 11) is 0. The van der Waals surface area contributed by atoms with Crippen molar-refractivity contribution in [2.45, 2.75) is 148 Å². The zero-order valence-corrected chi connectivity index (χ0v) is 19.6. The predicted molar refractivity (Wildman–Crippen MR) is 121 cm³/mol. The molecule has 0 amide bonds. The van der Waals surface area contributed by atoms with E-state index in [-0.39, 0.29) is 18.0 Å². The molecule has 0 aromatic heterocycles.